The Labute approximate surface area is 167 Å². The number of hydrogen-bond donors (Lipinski definition) is 1. The van der Waals surface area contributed by atoms with E-state index in [1.807, 2.05) is 0 Å². The predicted octanol–water partition coefficient (Wildman–Crippen LogP) is 2.50. The Morgan fingerprint density at radius 2 is 1.69 bits per heavy atom. The molecule has 8 nitrogen and oxygen atoms in total. The molecule has 29 heavy (non-hydrogen) atoms. The number of carbonyl (C=O) groups excluding carboxylic acids is 2. The van der Waals surface area contributed by atoms with Gasteiger partial charge in [-0.15, -0.1) is 0 Å². The van der Waals surface area contributed by atoms with Crippen LogP contribution >= 0.6 is 0 Å². The van der Waals surface area contributed by atoms with Crippen LogP contribution in [0.15, 0.2) is 30.0 Å². The molecule has 0 bridgehead atoms. The van der Waals surface area contributed by atoms with Crippen molar-refractivity contribution in [3.63, 3.8) is 0 Å². The largest absolute Gasteiger partial charge is 0.496 e. The highest BCUT2D eigenvalue weighted by atomic mass is 16.5. The molecule has 2 N–H and O–H groups in total. The van der Waals surface area contributed by atoms with Gasteiger partial charge in [-0.2, -0.15) is 0 Å². The van der Waals surface area contributed by atoms with Gasteiger partial charge in [-0.25, -0.2) is 0 Å². The number of nitrogens with two attached hydrogens (primary N) is 1. The van der Waals surface area contributed by atoms with Crippen LogP contribution in [0.3, 0.4) is 0 Å². The van der Waals surface area contributed by atoms with E-state index in [-0.39, 0.29) is 18.1 Å². The minimum Gasteiger partial charge on any atom is -0.496 e. The normalized spacial score (nSPS) is 13.7. The molecule has 0 fully saturated rings. The van der Waals surface area contributed by atoms with Crippen LogP contribution in [-0.2, 0) is 4.79 Å². The number of aryl methyl sites for hydroxylation is 1. The third kappa shape index (κ3) is 3.96. The second-order valence-corrected chi connectivity index (χ2v) is 6.26. The van der Waals surface area contributed by atoms with Crippen molar-refractivity contribution in [1.29, 1.82) is 0 Å². The van der Waals surface area contributed by atoms with Crippen molar-refractivity contribution in [2.24, 2.45) is 5.73 Å². The molecule has 152 valence electrons. The van der Waals surface area contributed by atoms with E-state index in [0.717, 1.165) is 0 Å². The molecule has 0 aromatic heterocycles. The molecular formula is C21H21NO7. The number of amides is 1. The van der Waals surface area contributed by atoms with Gasteiger partial charge in [0.15, 0.2) is 23.9 Å². The summed E-state index contributed by atoms with van der Waals surface area (Å²) in [6.45, 7) is 1.49. The van der Waals surface area contributed by atoms with E-state index < -0.39 is 5.91 Å². The van der Waals surface area contributed by atoms with Crippen molar-refractivity contribution in [3.8, 4) is 28.7 Å². The SMILES string of the molecule is COc1cc(OC)c(OC)cc1/C=C1\Oc2cc(OCC(N)=O)cc(C)c2C1=O. The van der Waals surface area contributed by atoms with Gasteiger partial charge in [-0.1, -0.05) is 0 Å². The summed E-state index contributed by atoms with van der Waals surface area (Å²) >= 11 is 0. The lowest BCUT2D eigenvalue weighted by Crippen LogP contribution is -2.20. The lowest BCUT2D eigenvalue weighted by molar-refractivity contribution is -0.119. The molecule has 0 aliphatic carbocycles. The topological polar surface area (TPSA) is 106 Å². The highest BCUT2D eigenvalue weighted by Gasteiger charge is 2.30. The van der Waals surface area contributed by atoms with Crippen LogP contribution in [0.25, 0.3) is 6.08 Å². The fourth-order valence-electron chi connectivity index (χ4n) is 3.02. The van der Waals surface area contributed by atoms with Crippen molar-refractivity contribution in [1.82, 2.24) is 0 Å². The third-order valence-electron chi connectivity index (χ3n) is 4.35. The summed E-state index contributed by atoms with van der Waals surface area (Å²) in [6, 6.07) is 6.57. The number of fused-ring (bicyclic) bond motifs is 1. The van der Waals surface area contributed by atoms with E-state index in [2.05, 4.69) is 0 Å². The Morgan fingerprint density at radius 3 is 2.31 bits per heavy atom. The van der Waals surface area contributed by atoms with Gasteiger partial charge in [-0.05, 0) is 30.7 Å². The minimum absolute atomic E-state index is 0.126. The summed E-state index contributed by atoms with van der Waals surface area (Å²) in [5.41, 5.74) is 6.78. The predicted molar refractivity (Wildman–Crippen MR) is 105 cm³/mol. The summed E-state index contributed by atoms with van der Waals surface area (Å²) in [5, 5.41) is 0. The number of allylic oxidation sites excluding steroid dienone is 1. The third-order valence-corrected chi connectivity index (χ3v) is 4.35. The maximum atomic E-state index is 12.9. The molecule has 1 aliphatic heterocycles. The molecule has 2 aromatic rings. The van der Waals surface area contributed by atoms with Crippen LogP contribution in [0, 0.1) is 6.92 Å². The Morgan fingerprint density at radius 1 is 1.03 bits per heavy atom. The van der Waals surface area contributed by atoms with Gasteiger partial charge in [0.1, 0.15) is 17.2 Å². The first-order valence-corrected chi connectivity index (χ1v) is 8.68. The van der Waals surface area contributed by atoms with E-state index >= 15 is 0 Å². The van der Waals surface area contributed by atoms with E-state index in [1.54, 1.807) is 37.3 Å². The van der Waals surface area contributed by atoms with E-state index in [9.17, 15) is 9.59 Å². The van der Waals surface area contributed by atoms with Crippen molar-refractivity contribution >= 4 is 17.8 Å². The number of carbonyl (C=O) groups is 2. The van der Waals surface area contributed by atoms with Gasteiger partial charge in [-0.3, -0.25) is 9.59 Å². The Hall–Kier alpha value is -3.68. The summed E-state index contributed by atoms with van der Waals surface area (Å²) in [5.74, 6) is 1.47. The van der Waals surface area contributed by atoms with Crippen LogP contribution in [0.1, 0.15) is 21.5 Å². The highest BCUT2D eigenvalue weighted by molar-refractivity contribution is 6.15. The summed E-state index contributed by atoms with van der Waals surface area (Å²) in [4.78, 5) is 23.8. The first-order chi connectivity index (χ1) is 13.9. The van der Waals surface area contributed by atoms with E-state index in [1.165, 1.54) is 21.3 Å². The Bertz CT molecular complexity index is 1010. The first kappa shape index (κ1) is 20.1. The van der Waals surface area contributed by atoms with Crippen LogP contribution in [0.2, 0.25) is 0 Å². The van der Waals surface area contributed by atoms with Gasteiger partial charge in [0.2, 0.25) is 5.78 Å². The molecule has 8 heteroatoms. The first-order valence-electron chi connectivity index (χ1n) is 8.68. The molecule has 1 amide bonds. The maximum absolute atomic E-state index is 12.9. The molecule has 3 rings (SSSR count). The second-order valence-electron chi connectivity index (χ2n) is 6.26. The summed E-state index contributed by atoms with van der Waals surface area (Å²) < 4.78 is 27.1. The molecular weight excluding hydrogens is 378 g/mol. The minimum atomic E-state index is -0.596. The van der Waals surface area contributed by atoms with Crippen molar-refractivity contribution in [3.05, 3.63) is 46.7 Å². The van der Waals surface area contributed by atoms with Crippen molar-refractivity contribution in [2.45, 2.75) is 6.92 Å². The molecule has 0 unspecified atom stereocenters. The number of Topliss-reactive ketones (excluding diaryl/α,β-unsaturated/α-hetero) is 1. The fourth-order valence-corrected chi connectivity index (χ4v) is 3.02. The zero-order valence-electron chi connectivity index (χ0n) is 16.5. The van der Waals surface area contributed by atoms with E-state index in [0.29, 0.717) is 45.4 Å². The smallest absolute Gasteiger partial charge is 0.255 e. The lowest BCUT2D eigenvalue weighted by atomic mass is 10.0. The lowest BCUT2D eigenvalue weighted by Gasteiger charge is -2.12. The molecule has 1 aliphatic rings. The Kier molecular flexibility index (Phi) is 5.63. The molecule has 0 saturated carbocycles. The van der Waals surface area contributed by atoms with Gasteiger partial charge in [0.25, 0.3) is 5.91 Å². The molecule has 0 saturated heterocycles. The zero-order valence-corrected chi connectivity index (χ0v) is 16.5. The number of rotatable bonds is 7. The molecule has 1 heterocycles. The van der Waals surface area contributed by atoms with Gasteiger partial charge in [0.05, 0.1) is 26.9 Å². The molecule has 0 radical (unpaired) electrons. The van der Waals surface area contributed by atoms with Crippen LogP contribution in [0.5, 0.6) is 28.7 Å². The standard InChI is InChI=1S/C21H21NO7/c1-11-5-13(28-10-19(22)23)8-17-20(11)21(24)18(29-17)7-12-6-15(26-3)16(27-4)9-14(12)25-2/h5-9H,10H2,1-4H3,(H2,22,23)/b18-7-. The van der Waals surface area contributed by atoms with E-state index in [4.69, 9.17) is 29.4 Å². The molecule has 0 spiro atoms. The number of ether oxygens (including phenoxy) is 5. The number of methoxy groups -OCH3 is 3. The molecule has 2 aromatic carbocycles. The summed E-state index contributed by atoms with van der Waals surface area (Å²) in [6.07, 6.45) is 1.58. The monoisotopic (exact) mass is 399 g/mol. The van der Waals surface area contributed by atoms with Crippen LogP contribution in [0.4, 0.5) is 0 Å². The van der Waals surface area contributed by atoms with Crippen molar-refractivity contribution < 1.29 is 33.3 Å². The average molecular weight is 399 g/mol. The fraction of sp³-hybridized carbons (Fsp3) is 0.238. The second kappa shape index (κ2) is 8.14. The Balaban J connectivity index is 1.98. The number of primary amides is 1. The van der Waals surface area contributed by atoms with Crippen molar-refractivity contribution in [2.75, 3.05) is 27.9 Å². The van der Waals surface area contributed by atoms with Crippen LogP contribution in [-0.4, -0.2) is 39.6 Å². The van der Waals surface area contributed by atoms with Gasteiger partial charge < -0.3 is 29.4 Å². The summed E-state index contributed by atoms with van der Waals surface area (Å²) in [7, 11) is 4.56. The number of hydrogen-bond acceptors (Lipinski definition) is 7. The van der Waals surface area contributed by atoms with Gasteiger partial charge in [0, 0.05) is 17.7 Å². The molecule has 0 atom stereocenters. The maximum Gasteiger partial charge on any atom is 0.255 e. The number of benzene rings is 2. The average Bonchev–Trinajstić information content (AvgIpc) is 3.01. The quantitative estimate of drug-likeness (QED) is 0.713. The van der Waals surface area contributed by atoms with Gasteiger partial charge >= 0.3 is 0 Å². The highest BCUT2D eigenvalue weighted by Crippen LogP contribution is 2.40. The van der Waals surface area contributed by atoms with Crippen LogP contribution < -0.4 is 29.4 Å². The number of ketones is 1. The zero-order chi connectivity index (χ0) is 21.1.